The number of aliphatic hydroxyl groups is 1. The fourth-order valence-corrected chi connectivity index (χ4v) is 2.29. The standard InChI is InChI=1S/C12H16ClNO/c1-8(14-9-6-10(15)7-9)11-4-2-3-5-12(11)13/h2-5,8-10,14-15H,6-7H2,1H3. The molecule has 82 valence electrons. The monoisotopic (exact) mass is 225 g/mol. The second kappa shape index (κ2) is 4.52. The summed E-state index contributed by atoms with van der Waals surface area (Å²) in [4.78, 5) is 0. The van der Waals surface area contributed by atoms with Crippen molar-refractivity contribution in [3.8, 4) is 0 Å². The van der Waals surface area contributed by atoms with Gasteiger partial charge in [-0.05, 0) is 31.4 Å². The summed E-state index contributed by atoms with van der Waals surface area (Å²) in [7, 11) is 0. The Morgan fingerprint density at radius 3 is 2.67 bits per heavy atom. The molecule has 1 saturated carbocycles. The zero-order valence-electron chi connectivity index (χ0n) is 8.78. The first-order chi connectivity index (χ1) is 7.16. The van der Waals surface area contributed by atoms with Gasteiger partial charge in [-0.2, -0.15) is 0 Å². The lowest BCUT2D eigenvalue weighted by molar-refractivity contribution is 0.0586. The number of hydrogen-bond acceptors (Lipinski definition) is 2. The van der Waals surface area contributed by atoms with Crippen molar-refractivity contribution in [1.82, 2.24) is 5.32 Å². The number of rotatable bonds is 3. The van der Waals surface area contributed by atoms with E-state index in [1.807, 2.05) is 24.3 Å². The highest BCUT2D eigenvalue weighted by Crippen LogP contribution is 2.26. The van der Waals surface area contributed by atoms with Gasteiger partial charge in [-0.1, -0.05) is 29.8 Å². The van der Waals surface area contributed by atoms with E-state index in [9.17, 15) is 5.11 Å². The smallest absolute Gasteiger partial charge is 0.0570 e. The third kappa shape index (κ3) is 2.51. The largest absolute Gasteiger partial charge is 0.393 e. The van der Waals surface area contributed by atoms with Crippen LogP contribution in [0.5, 0.6) is 0 Å². The summed E-state index contributed by atoms with van der Waals surface area (Å²) in [6, 6.07) is 8.56. The molecule has 1 aromatic rings. The van der Waals surface area contributed by atoms with Gasteiger partial charge in [0.25, 0.3) is 0 Å². The fraction of sp³-hybridized carbons (Fsp3) is 0.500. The summed E-state index contributed by atoms with van der Waals surface area (Å²) in [6.45, 7) is 2.10. The van der Waals surface area contributed by atoms with Gasteiger partial charge in [0.05, 0.1) is 6.10 Å². The maximum atomic E-state index is 9.19. The summed E-state index contributed by atoms with van der Waals surface area (Å²) < 4.78 is 0. The van der Waals surface area contributed by atoms with Crippen molar-refractivity contribution in [2.45, 2.75) is 38.0 Å². The van der Waals surface area contributed by atoms with Gasteiger partial charge in [0.1, 0.15) is 0 Å². The normalized spacial score (nSPS) is 27.1. The van der Waals surface area contributed by atoms with Crippen molar-refractivity contribution in [2.75, 3.05) is 0 Å². The molecule has 0 radical (unpaired) electrons. The molecule has 0 saturated heterocycles. The number of nitrogens with one attached hydrogen (secondary N) is 1. The predicted molar refractivity (Wildman–Crippen MR) is 62.0 cm³/mol. The lowest BCUT2D eigenvalue weighted by Crippen LogP contribution is -2.45. The van der Waals surface area contributed by atoms with Gasteiger partial charge in [0.2, 0.25) is 0 Å². The summed E-state index contributed by atoms with van der Waals surface area (Å²) in [5.74, 6) is 0. The molecule has 15 heavy (non-hydrogen) atoms. The Bertz CT molecular complexity index is 336. The first kappa shape index (κ1) is 10.9. The van der Waals surface area contributed by atoms with Gasteiger partial charge in [-0.25, -0.2) is 0 Å². The summed E-state index contributed by atoms with van der Waals surface area (Å²) in [5, 5.41) is 13.5. The number of hydrogen-bond donors (Lipinski definition) is 2. The Kier molecular flexibility index (Phi) is 3.29. The van der Waals surface area contributed by atoms with Crippen molar-refractivity contribution in [3.63, 3.8) is 0 Å². The van der Waals surface area contributed by atoms with Crippen LogP contribution in [0, 0.1) is 0 Å². The van der Waals surface area contributed by atoms with Gasteiger partial charge in [0, 0.05) is 17.1 Å². The van der Waals surface area contributed by atoms with Gasteiger partial charge >= 0.3 is 0 Å². The van der Waals surface area contributed by atoms with Crippen LogP contribution in [0.1, 0.15) is 31.4 Å². The maximum absolute atomic E-state index is 9.19. The molecule has 0 aromatic heterocycles. The van der Waals surface area contributed by atoms with Crippen LogP contribution in [0.3, 0.4) is 0 Å². The molecule has 1 aromatic carbocycles. The average Bonchev–Trinajstić information content (AvgIpc) is 2.16. The van der Waals surface area contributed by atoms with Crippen molar-refractivity contribution in [3.05, 3.63) is 34.9 Å². The quantitative estimate of drug-likeness (QED) is 0.829. The molecule has 2 nitrogen and oxygen atoms in total. The zero-order chi connectivity index (χ0) is 10.8. The number of halogens is 1. The van der Waals surface area contributed by atoms with Crippen molar-refractivity contribution >= 4 is 11.6 Å². The summed E-state index contributed by atoms with van der Waals surface area (Å²) >= 11 is 6.10. The van der Waals surface area contributed by atoms with Crippen LogP contribution in [0.15, 0.2) is 24.3 Å². The molecular formula is C12H16ClNO. The highest BCUT2D eigenvalue weighted by atomic mass is 35.5. The Labute approximate surface area is 95.3 Å². The minimum Gasteiger partial charge on any atom is -0.393 e. The van der Waals surface area contributed by atoms with Crippen LogP contribution in [-0.2, 0) is 0 Å². The molecule has 2 rings (SSSR count). The molecule has 0 spiro atoms. The Morgan fingerprint density at radius 2 is 2.07 bits per heavy atom. The van der Waals surface area contributed by atoms with Crippen LogP contribution >= 0.6 is 11.6 Å². The molecule has 2 N–H and O–H groups in total. The highest BCUT2D eigenvalue weighted by Gasteiger charge is 2.28. The van der Waals surface area contributed by atoms with Crippen molar-refractivity contribution < 1.29 is 5.11 Å². The van der Waals surface area contributed by atoms with Crippen LogP contribution in [0.2, 0.25) is 5.02 Å². The molecule has 0 heterocycles. The topological polar surface area (TPSA) is 32.3 Å². The third-order valence-electron chi connectivity index (χ3n) is 2.97. The van der Waals surface area contributed by atoms with E-state index in [0.29, 0.717) is 6.04 Å². The average molecular weight is 226 g/mol. The lowest BCUT2D eigenvalue weighted by Gasteiger charge is -2.34. The molecule has 1 atom stereocenters. The van der Waals surface area contributed by atoms with Crippen LogP contribution in [0.25, 0.3) is 0 Å². The first-order valence-electron chi connectivity index (χ1n) is 5.35. The van der Waals surface area contributed by atoms with Crippen LogP contribution in [-0.4, -0.2) is 17.3 Å². The van der Waals surface area contributed by atoms with E-state index in [1.54, 1.807) is 0 Å². The maximum Gasteiger partial charge on any atom is 0.0570 e. The molecule has 0 bridgehead atoms. The highest BCUT2D eigenvalue weighted by molar-refractivity contribution is 6.31. The summed E-state index contributed by atoms with van der Waals surface area (Å²) in [6.07, 6.45) is 1.60. The molecule has 1 unspecified atom stereocenters. The Hall–Kier alpha value is -0.570. The molecule has 1 fully saturated rings. The van der Waals surface area contributed by atoms with Crippen molar-refractivity contribution in [2.24, 2.45) is 0 Å². The van der Waals surface area contributed by atoms with E-state index in [1.165, 1.54) is 0 Å². The molecule has 3 heteroatoms. The predicted octanol–water partition coefficient (Wildman–Crippen LogP) is 2.51. The molecule has 1 aliphatic carbocycles. The second-order valence-electron chi connectivity index (χ2n) is 4.23. The fourth-order valence-electron chi connectivity index (χ4n) is 1.99. The second-order valence-corrected chi connectivity index (χ2v) is 4.64. The minimum absolute atomic E-state index is 0.110. The molecule has 1 aliphatic rings. The van der Waals surface area contributed by atoms with Gasteiger partial charge in [0.15, 0.2) is 0 Å². The van der Waals surface area contributed by atoms with Gasteiger partial charge in [-0.3, -0.25) is 0 Å². The van der Waals surface area contributed by atoms with Gasteiger partial charge < -0.3 is 10.4 Å². The van der Waals surface area contributed by atoms with Crippen molar-refractivity contribution in [1.29, 1.82) is 0 Å². The first-order valence-corrected chi connectivity index (χ1v) is 5.73. The Morgan fingerprint density at radius 1 is 1.40 bits per heavy atom. The third-order valence-corrected chi connectivity index (χ3v) is 3.31. The molecular weight excluding hydrogens is 210 g/mol. The lowest BCUT2D eigenvalue weighted by atomic mass is 9.88. The number of aliphatic hydroxyl groups excluding tert-OH is 1. The van der Waals surface area contributed by atoms with E-state index in [4.69, 9.17) is 11.6 Å². The van der Waals surface area contributed by atoms with E-state index in [0.717, 1.165) is 23.4 Å². The number of benzene rings is 1. The van der Waals surface area contributed by atoms with E-state index in [-0.39, 0.29) is 12.1 Å². The molecule has 0 amide bonds. The Balaban J connectivity index is 1.96. The minimum atomic E-state index is -0.110. The summed E-state index contributed by atoms with van der Waals surface area (Å²) in [5.41, 5.74) is 1.13. The van der Waals surface area contributed by atoms with Gasteiger partial charge in [-0.15, -0.1) is 0 Å². The van der Waals surface area contributed by atoms with Crippen LogP contribution in [0.4, 0.5) is 0 Å². The van der Waals surface area contributed by atoms with E-state index >= 15 is 0 Å². The zero-order valence-corrected chi connectivity index (χ0v) is 9.54. The van der Waals surface area contributed by atoms with E-state index in [2.05, 4.69) is 12.2 Å². The van der Waals surface area contributed by atoms with E-state index < -0.39 is 0 Å². The van der Waals surface area contributed by atoms with Crippen LogP contribution < -0.4 is 5.32 Å². The SMILES string of the molecule is CC(NC1CC(O)C1)c1ccccc1Cl. The molecule has 0 aliphatic heterocycles.